The summed E-state index contributed by atoms with van der Waals surface area (Å²) in [5.74, 6) is 0.667. The lowest BCUT2D eigenvalue weighted by molar-refractivity contribution is 0.469. The molecule has 2 atom stereocenters. The Kier molecular flexibility index (Phi) is 18.7. The standard InChI is InChI=1S/C64H72F2N4S8Si/c1-7-13-17-19-23-41-25-27-47(71-41)49-29-31-51(73-49)57-45(65)33-43(59-61(57)69-77-67-59)53-35-55-63(75-53)64-56(79(55,37-39(11-5)21-15-9-3)38-40(12-6)22-16-10-4)36-54(76-64)44-34-46(66)58(62-60(44)68-78-70-62)52-32-30-50(74-52)48-28-26-42(72-48)24-20-18-14-8-2/h25-36,39-40H,7-24,37-38H2,1-6H3. The lowest BCUT2D eigenvalue weighted by atomic mass is 10.0. The maximum absolute atomic E-state index is 17.2. The van der Waals surface area contributed by atoms with Gasteiger partial charge in [0.15, 0.2) is 0 Å². The van der Waals surface area contributed by atoms with Crippen LogP contribution in [0.2, 0.25) is 12.1 Å². The molecule has 0 bridgehead atoms. The maximum atomic E-state index is 17.2. The van der Waals surface area contributed by atoms with Crippen LogP contribution in [-0.2, 0) is 12.8 Å². The van der Waals surface area contributed by atoms with Crippen molar-refractivity contribution in [1.82, 2.24) is 17.5 Å². The number of rotatable bonds is 28. The Morgan fingerprint density at radius 1 is 0.405 bits per heavy atom. The highest BCUT2D eigenvalue weighted by Gasteiger charge is 2.50. The number of hydrogen-bond donors (Lipinski definition) is 0. The summed E-state index contributed by atoms with van der Waals surface area (Å²) in [7, 11) is -2.53. The Morgan fingerprint density at radius 2 is 0.797 bits per heavy atom. The molecule has 8 aromatic heterocycles. The van der Waals surface area contributed by atoms with Gasteiger partial charge in [-0.15, -0.1) is 68.0 Å². The van der Waals surface area contributed by atoms with Crippen molar-refractivity contribution in [1.29, 1.82) is 0 Å². The molecular formula is C64H72F2N4S8Si. The molecule has 0 spiro atoms. The maximum Gasteiger partial charge on any atom is 0.134 e. The fourth-order valence-corrected chi connectivity index (χ4v) is 28.2. The Balaban J connectivity index is 0.990. The van der Waals surface area contributed by atoms with Crippen molar-refractivity contribution in [3.8, 4) is 71.0 Å². The first-order valence-electron chi connectivity index (χ1n) is 29.3. The smallest absolute Gasteiger partial charge is 0.134 e. The molecule has 1 aliphatic heterocycles. The van der Waals surface area contributed by atoms with Crippen molar-refractivity contribution in [2.75, 3.05) is 0 Å². The Morgan fingerprint density at radius 3 is 1.22 bits per heavy atom. The summed E-state index contributed by atoms with van der Waals surface area (Å²) < 4.78 is 54.1. The van der Waals surface area contributed by atoms with Gasteiger partial charge in [0.25, 0.3) is 0 Å². The fourth-order valence-electron chi connectivity index (χ4n) is 12.3. The van der Waals surface area contributed by atoms with Gasteiger partial charge in [-0.2, -0.15) is 17.5 Å². The zero-order valence-corrected chi connectivity index (χ0v) is 54.1. The van der Waals surface area contributed by atoms with Crippen LogP contribution in [0.4, 0.5) is 8.78 Å². The molecule has 2 aromatic carbocycles. The molecule has 4 nitrogen and oxygen atoms in total. The van der Waals surface area contributed by atoms with Crippen LogP contribution in [0.5, 0.6) is 0 Å². The molecule has 11 rings (SSSR count). The van der Waals surface area contributed by atoms with Gasteiger partial charge >= 0.3 is 0 Å². The van der Waals surface area contributed by atoms with Crippen molar-refractivity contribution < 1.29 is 8.78 Å². The van der Waals surface area contributed by atoms with E-state index in [0.29, 0.717) is 34.0 Å². The van der Waals surface area contributed by atoms with E-state index in [1.807, 2.05) is 45.3 Å². The summed E-state index contributed by atoms with van der Waals surface area (Å²) in [6.07, 6.45) is 21.8. The minimum absolute atomic E-state index is 0.252. The summed E-state index contributed by atoms with van der Waals surface area (Å²) in [5.41, 5.74) is 5.58. The number of unbranched alkanes of at least 4 members (excludes halogenated alkanes) is 8. The first-order valence-corrected chi connectivity index (χ1v) is 38.0. The minimum Gasteiger partial charge on any atom is -0.206 e. The summed E-state index contributed by atoms with van der Waals surface area (Å²) in [6, 6.07) is 28.3. The normalized spacial score (nSPS) is 13.8. The molecule has 414 valence electrons. The van der Waals surface area contributed by atoms with Gasteiger partial charge in [-0.25, -0.2) is 8.78 Å². The van der Waals surface area contributed by atoms with Gasteiger partial charge < -0.3 is 0 Å². The Hall–Kier alpha value is -3.64. The van der Waals surface area contributed by atoms with E-state index in [9.17, 15) is 0 Å². The van der Waals surface area contributed by atoms with Gasteiger partial charge in [-0.3, -0.25) is 0 Å². The summed E-state index contributed by atoms with van der Waals surface area (Å²) in [4.78, 5) is 14.2. The highest BCUT2D eigenvalue weighted by Crippen LogP contribution is 2.52. The second-order valence-corrected chi connectivity index (χ2v) is 33.7. The first-order chi connectivity index (χ1) is 38.7. The number of thiophene rings is 6. The number of halogens is 2. The molecule has 0 radical (unpaired) electrons. The number of nitrogens with zero attached hydrogens (tertiary/aromatic N) is 4. The number of hydrogen-bond acceptors (Lipinski definition) is 12. The van der Waals surface area contributed by atoms with Crippen LogP contribution in [0.3, 0.4) is 0 Å². The lowest BCUT2D eigenvalue weighted by Crippen LogP contribution is -2.56. The largest absolute Gasteiger partial charge is 0.206 e. The van der Waals surface area contributed by atoms with E-state index < -0.39 is 8.07 Å². The molecule has 0 aliphatic carbocycles. The van der Waals surface area contributed by atoms with E-state index in [-0.39, 0.29) is 11.6 Å². The first kappa shape index (κ1) is 57.2. The van der Waals surface area contributed by atoms with Gasteiger partial charge in [-0.1, -0.05) is 131 Å². The van der Waals surface area contributed by atoms with E-state index in [4.69, 9.17) is 17.5 Å². The van der Waals surface area contributed by atoms with E-state index in [1.165, 1.54) is 165 Å². The molecule has 15 heteroatoms. The molecule has 0 N–H and O–H groups in total. The molecule has 2 unspecified atom stereocenters. The van der Waals surface area contributed by atoms with Gasteiger partial charge in [-0.05, 0) is 133 Å². The number of fused-ring (bicyclic) bond motifs is 5. The van der Waals surface area contributed by atoms with E-state index in [1.54, 1.807) is 34.8 Å². The van der Waals surface area contributed by atoms with Crippen LogP contribution in [0.15, 0.2) is 72.8 Å². The van der Waals surface area contributed by atoms with Crippen LogP contribution >= 0.6 is 91.5 Å². The number of aryl methyl sites for hydroxylation is 2. The highest BCUT2D eigenvalue weighted by atomic mass is 32.1. The fraction of sp³-hybridized carbons (Fsp3) is 0.438. The summed E-state index contributed by atoms with van der Waals surface area (Å²) >= 11 is 13.0. The van der Waals surface area contributed by atoms with Crippen LogP contribution in [-0.4, -0.2) is 25.6 Å². The predicted molar refractivity (Wildman–Crippen MR) is 351 cm³/mol. The Bertz CT molecular complexity index is 3420. The van der Waals surface area contributed by atoms with Crippen molar-refractivity contribution >= 4 is 132 Å². The third-order valence-corrected chi connectivity index (χ3v) is 30.8. The molecule has 0 fully saturated rings. The highest BCUT2D eigenvalue weighted by molar-refractivity contribution is 7.32. The molecule has 0 amide bonds. The molecule has 9 heterocycles. The third kappa shape index (κ3) is 11.7. The third-order valence-electron chi connectivity index (χ3n) is 16.6. The van der Waals surface area contributed by atoms with Gasteiger partial charge in [0.1, 0.15) is 41.8 Å². The number of benzene rings is 2. The average molecular weight is 1220 g/mol. The monoisotopic (exact) mass is 1220 g/mol. The quantitative estimate of drug-likeness (QED) is 0.0362. The van der Waals surface area contributed by atoms with Gasteiger partial charge in [0.2, 0.25) is 0 Å². The molecule has 0 saturated carbocycles. The predicted octanol–water partition coefficient (Wildman–Crippen LogP) is 22.6. The van der Waals surface area contributed by atoms with Crippen molar-refractivity contribution in [3.05, 3.63) is 94.2 Å². The second kappa shape index (κ2) is 25.9. The van der Waals surface area contributed by atoms with Crippen molar-refractivity contribution in [2.24, 2.45) is 11.8 Å². The zero-order chi connectivity index (χ0) is 54.6. The molecule has 1 aliphatic rings. The zero-order valence-electron chi connectivity index (χ0n) is 46.5. The van der Waals surface area contributed by atoms with Crippen molar-refractivity contribution in [3.63, 3.8) is 0 Å². The van der Waals surface area contributed by atoms with E-state index in [2.05, 4.69) is 102 Å². The second-order valence-electron chi connectivity index (χ2n) is 22.0. The summed E-state index contributed by atoms with van der Waals surface area (Å²) in [6.45, 7) is 13.9. The SMILES string of the molecule is CCCCCCc1ccc(-c2ccc(-c3c(F)cc(-c4cc5c(s4)-c4sc(-c6cc(F)c(-c7ccc(-c8ccc(CCCCCC)s8)s7)c7nsnc67)cc4[Si]5(CC(CC)CCCC)CC(CC)CCCC)c4nsnc34)s2)s1. The van der Waals surface area contributed by atoms with Crippen LogP contribution in [0.25, 0.3) is 93.1 Å². The molecule has 10 aromatic rings. The molecule has 0 saturated heterocycles. The lowest BCUT2D eigenvalue weighted by Gasteiger charge is -2.35. The number of aromatic nitrogens is 4. The van der Waals surface area contributed by atoms with Gasteiger partial charge in [0, 0.05) is 69.7 Å². The van der Waals surface area contributed by atoms with Gasteiger partial charge in [0.05, 0.1) is 34.6 Å². The van der Waals surface area contributed by atoms with Crippen LogP contribution in [0.1, 0.15) is 154 Å². The topological polar surface area (TPSA) is 51.6 Å². The minimum atomic E-state index is -2.53. The average Bonchev–Trinajstić information content (AvgIpc) is 3.70. The van der Waals surface area contributed by atoms with Crippen LogP contribution < -0.4 is 10.4 Å². The van der Waals surface area contributed by atoms with E-state index >= 15 is 8.78 Å². The van der Waals surface area contributed by atoms with Crippen molar-refractivity contribution in [2.45, 2.75) is 169 Å². The van der Waals surface area contributed by atoms with E-state index in [0.717, 1.165) is 77.1 Å². The molecular weight excluding hydrogens is 1150 g/mol. The van der Waals surface area contributed by atoms with Crippen LogP contribution in [0, 0.1) is 23.5 Å². The Labute approximate surface area is 500 Å². The molecule has 79 heavy (non-hydrogen) atoms. The summed E-state index contributed by atoms with van der Waals surface area (Å²) in [5, 5.41) is 3.03.